The van der Waals surface area contributed by atoms with Crippen LogP contribution >= 0.6 is 11.6 Å². The number of carbonyl (C=O) groups excluding carboxylic acids is 2. The molecule has 0 saturated carbocycles. The summed E-state index contributed by atoms with van der Waals surface area (Å²) in [5.41, 5.74) is 3.99. The molecule has 0 radical (unpaired) electrons. The lowest BCUT2D eigenvalue weighted by Crippen LogP contribution is -2.56. The smallest absolute Gasteiger partial charge is 0.267 e. The zero-order chi connectivity index (χ0) is 17.9. The number of amides is 2. The van der Waals surface area contributed by atoms with Crippen molar-refractivity contribution in [1.29, 1.82) is 0 Å². The minimum absolute atomic E-state index is 0.247. The van der Waals surface area contributed by atoms with Crippen LogP contribution < -0.4 is 5.43 Å². The molecule has 0 aromatic heterocycles. The van der Waals surface area contributed by atoms with Gasteiger partial charge in [0.2, 0.25) is 0 Å². The molecule has 0 aliphatic heterocycles. The van der Waals surface area contributed by atoms with Gasteiger partial charge in [-0.1, -0.05) is 29.8 Å². The first kappa shape index (κ1) is 18.0. The second kappa shape index (κ2) is 7.05. The van der Waals surface area contributed by atoms with Crippen LogP contribution in [-0.4, -0.2) is 22.4 Å². The summed E-state index contributed by atoms with van der Waals surface area (Å²) in [4.78, 5) is 25.4. The average Bonchev–Trinajstić information content (AvgIpc) is 2.52. The number of halogens is 1. The van der Waals surface area contributed by atoms with Gasteiger partial charge in [0.05, 0.1) is 5.54 Å². The van der Waals surface area contributed by atoms with Crippen molar-refractivity contribution in [1.82, 2.24) is 10.4 Å². The van der Waals surface area contributed by atoms with E-state index in [0.29, 0.717) is 16.1 Å². The second-order valence-electron chi connectivity index (χ2n) is 6.57. The molecule has 0 unspecified atom stereocenters. The Balaban J connectivity index is 2.30. The van der Waals surface area contributed by atoms with Crippen LogP contribution in [0, 0.1) is 6.92 Å². The molecule has 1 N–H and O–H groups in total. The molecule has 4 nitrogen and oxygen atoms in total. The molecule has 5 heteroatoms. The van der Waals surface area contributed by atoms with Crippen LogP contribution in [0.4, 0.5) is 0 Å². The molecule has 2 rings (SSSR count). The Bertz CT molecular complexity index is 749. The highest BCUT2D eigenvalue weighted by Gasteiger charge is 2.30. The Morgan fingerprint density at radius 3 is 2.12 bits per heavy atom. The molecule has 24 heavy (non-hydrogen) atoms. The number of hydrazine groups is 1. The van der Waals surface area contributed by atoms with E-state index in [-0.39, 0.29) is 11.8 Å². The standard InChI is InChI=1S/C19H21ClN2O2/c1-13-7-5-6-8-16(13)18(24)22(19(2,3)4)21-17(23)14-9-11-15(20)12-10-14/h5-12H,1-4H3,(H,21,23). The molecule has 126 valence electrons. The summed E-state index contributed by atoms with van der Waals surface area (Å²) >= 11 is 5.85. The molecule has 0 atom stereocenters. The molecule has 0 aliphatic carbocycles. The maximum absolute atomic E-state index is 12.9. The van der Waals surface area contributed by atoms with Gasteiger partial charge in [-0.15, -0.1) is 0 Å². The second-order valence-corrected chi connectivity index (χ2v) is 7.01. The first-order valence-electron chi connectivity index (χ1n) is 7.67. The number of nitrogens with zero attached hydrogens (tertiary/aromatic N) is 1. The van der Waals surface area contributed by atoms with Crippen LogP contribution in [0.3, 0.4) is 0 Å². The van der Waals surface area contributed by atoms with Crippen molar-refractivity contribution in [2.24, 2.45) is 0 Å². The van der Waals surface area contributed by atoms with E-state index in [0.717, 1.165) is 5.56 Å². The van der Waals surface area contributed by atoms with E-state index in [2.05, 4.69) is 5.43 Å². The van der Waals surface area contributed by atoms with Gasteiger partial charge in [-0.2, -0.15) is 0 Å². The maximum Gasteiger partial charge on any atom is 0.273 e. The van der Waals surface area contributed by atoms with E-state index in [4.69, 9.17) is 11.6 Å². The minimum Gasteiger partial charge on any atom is -0.267 e. The summed E-state index contributed by atoms with van der Waals surface area (Å²) in [5, 5.41) is 1.92. The fraction of sp³-hybridized carbons (Fsp3) is 0.263. The number of aryl methyl sites for hydroxylation is 1. The topological polar surface area (TPSA) is 49.4 Å². The Hall–Kier alpha value is -2.33. The van der Waals surface area contributed by atoms with Gasteiger partial charge in [0, 0.05) is 16.1 Å². The third kappa shape index (κ3) is 4.15. The van der Waals surface area contributed by atoms with Crippen LogP contribution in [-0.2, 0) is 0 Å². The normalized spacial score (nSPS) is 11.0. The minimum atomic E-state index is -0.582. The van der Waals surface area contributed by atoms with Gasteiger partial charge >= 0.3 is 0 Å². The van der Waals surface area contributed by atoms with Crippen molar-refractivity contribution in [3.05, 3.63) is 70.2 Å². The summed E-state index contributed by atoms with van der Waals surface area (Å²) in [6.45, 7) is 7.47. The number of hydrogen-bond acceptors (Lipinski definition) is 2. The average molecular weight is 345 g/mol. The number of carbonyl (C=O) groups is 2. The molecule has 0 spiro atoms. The van der Waals surface area contributed by atoms with Crippen molar-refractivity contribution >= 4 is 23.4 Å². The van der Waals surface area contributed by atoms with E-state index in [1.165, 1.54) is 5.01 Å². The van der Waals surface area contributed by atoms with Gasteiger partial charge in [0.15, 0.2) is 0 Å². The molecular formula is C19H21ClN2O2. The molecule has 0 aliphatic rings. The Morgan fingerprint density at radius 1 is 1.00 bits per heavy atom. The largest absolute Gasteiger partial charge is 0.273 e. The van der Waals surface area contributed by atoms with E-state index in [1.807, 2.05) is 45.9 Å². The van der Waals surface area contributed by atoms with Crippen molar-refractivity contribution in [3.63, 3.8) is 0 Å². The van der Waals surface area contributed by atoms with Gasteiger partial charge < -0.3 is 0 Å². The van der Waals surface area contributed by atoms with Gasteiger partial charge in [-0.05, 0) is 63.6 Å². The van der Waals surface area contributed by atoms with E-state index in [1.54, 1.807) is 30.3 Å². The molecule has 0 bridgehead atoms. The highest BCUT2D eigenvalue weighted by molar-refractivity contribution is 6.30. The molecule has 0 saturated heterocycles. The summed E-state index contributed by atoms with van der Waals surface area (Å²) in [7, 11) is 0. The highest BCUT2D eigenvalue weighted by atomic mass is 35.5. The van der Waals surface area contributed by atoms with Gasteiger partial charge in [0.1, 0.15) is 0 Å². The number of hydrogen-bond donors (Lipinski definition) is 1. The van der Waals surface area contributed by atoms with Crippen LogP contribution in [0.5, 0.6) is 0 Å². The first-order valence-corrected chi connectivity index (χ1v) is 8.04. The van der Waals surface area contributed by atoms with Crippen molar-refractivity contribution in [2.45, 2.75) is 33.2 Å². The Labute approximate surface area is 147 Å². The van der Waals surface area contributed by atoms with Crippen LogP contribution in [0.2, 0.25) is 5.02 Å². The third-order valence-electron chi connectivity index (χ3n) is 3.57. The van der Waals surface area contributed by atoms with Gasteiger partial charge in [-0.25, -0.2) is 5.01 Å². The lowest BCUT2D eigenvalue weighted by molar-refractivity contribution is 0.0358. The molecule has 0 heterocycles. The van der Waals surface area contributed by atoms with Crippen molar-refractivity contribution < 1.29 is 9.59 Å². The number of benzene rings is 2. The molecule has 2 aromatic rings. The third-order valence-corrected chi connectivity index (χ3v) is 3.82. The fourth-order valence-electron chi connectivity index (χ4n) is 2.22. The SMILES string of the molecule is Cc1ccccc1C(=O)N(NC(=O)c1ccc(Cl)cc1)C(C)(C)C. The van der Waals surface area contributed by atoms with Crippen molar-refractivity contribution in [2.75, 3.05) is 0 Å². The lowest BCUT2D eigenvalue weighted by atomic mass is 10.0. The number of rotatable bonds is 2. The maximum atomic E-state index is 12.9. The summed E-state index contributed by atoms with van der Waals surface area (Å²) in [6.07, 6.45) is 0. The molecule has 0 fully saturated rings. The van der Waals surface area contributed by atoms with Crippen LogP contribution in [0.25, 0.3) is 0 Å². The summed E-state index contributed by atoms with van der Waals surface area (Å²) in [5.74, 6) is -0.605. The molecule has 2 amide bonds. The first-order chi connectivity index (χ1) is 11.2. The van der Waals surface area contributed by atoms with E-state index >= 15 is 0 Å². The highest BCUT2D eigenvalue weighted by Crippen LogP contribution is 2.18. The Morgan fingerprint density at radius 2 is 1.58 bits per heavy atom. The van der Waals surface area contributed by atoms with Crippen molar-refractivity contribution in [3.8, 4) is 0 Å². The van der Waals surface area contributed by atoms with Crippen LogP contribution in [0.1, 0.15) is 47.1 Å². The zero-order valence-electron chi connectivity index (χ0n) is 14.3. The quantitative estimate of drug-likeness (QED) is 0.828. The fourth-order valence-corrected chi connectivity index (χ4v) is 2.35. The monoisotopic (exact) mass is 344 g/mol. The van der Waals surface area contributed by atoms with Gasteiger partial charge in [0.25, 0.3) is 11.8 Å². The van der Waals surface area contributed by atoms with Gasteiger partial charge in [-0.3, -0.25) is 15.0 Å². The summed E-state index contributed by atoms with van der Waals surface area (Å²) in [6, 6.07) is 13.8. The lowest BCUT2D eigenvalue weighted by Gasteiger charge is -2.35. The predicted octanol–water partition coefficient (Wildman–Crippen LogP) is 4.23. The zero-order valence-corrected chi connectivity index (χ0v) is 15.0. The predicted molar refractivity (Wildman–Crippen MR) is 96.0 cm³/mol. The molecule has 2 aromatic carbocycles. The van der Waals surface area contributed by atoms with Crippen LogP contribution in [0.15, 0.2) is 48.5 Å². The summed E-state index contributed by atoms with van der Waals surface area (Å²) < 4.78 is 0. The molecular weight excluding hydrogens is 324 g/mol. The Kier molecular flexibility index (Phi) is 5.30. The van der Waals surface area contributed by atoms with E-state index < -0.39 is 5.54 Å². The number of nitrogens with one attached hydrogen (secondary N) is 1. The van der Waals surface area contributed by atoms with E-state index in [9.17, 15) is 9.59 Å².